The van der Waals surface area contributed by atoms with Gasteiger partial charge in [0.05, 0.1) is 12.3 Å². The molecule has 0 amide bonds. The molecule has 3 heterocycles. The minimum Gasteiger partial charge on any atom is -0.468 e. The van der Waals surface area contributed by atoms with Gasteiger partial charge < -0.3 is 9.73 Å². The molecule has 1 atom stereocenters. The molecule has 1 unspecified atom stereocenters. The first-order chi connectivity index (χ1) is 11.2. The van der Waals surface area contributed by atoms with Gasteiger partial charge >= 0.3 is 0 Å². The molecule has 1 aliphatic carbocycles. The van der Waals surface area contributed by atoms with Crippen molar-refractivity contribution in [1.29, 1.82) is 0 Å². The second kappa shape index (κ2) is 5.66. The number of likely N-dealkylation sites (N-methyl/N-ethyl adjacent to an activating group) is 1. The van der Waals surface area contributed by atoms with Crippen LogP contribution in [0.2, 0.25) is 0 Å². The molecule has 0 aliphatic heterocycles. The first-order valence-electron chi connectivity index (χ1n) is 7.87. The maximum absolute atomic E-state index is 5.54. The van der Waals surface area contributed by atoms with Gasteiger partial charge in [0.1, 0.15) is 11.6 Å². The third-order valence-corrected chi connectivity index (χ3v) is 4.25. The molecule has 1 aliphatic rings. The van der Waals surface area contributed by atoms with E-state index in [1.165, 1.54) is 12.8 Å². The van der Waals surface area contributed by atoms with Crippen LogP contribution in [0.3, 0.4) is 0 Å². The van der Waals surface area contributed by atoms with Crippen LogP contribution >= 0.6 is 0 Å². The summed E-state index contributed by atoms with van der Waals surface area (Å²) in [6, 6.07) is 4.02. The van der Waals surface area contributed by atoms with E-state index in [1.54, 1.807) is 12.5 Å². The molecule has 120 valence electrons. The summed E-state index contributed by atoms with van der Waals surface area (Å²) in [5, 5.41) is 12.0. The number of fused-ring (bicyclic) bond motifs is 1. The molecule has 0 bridgehead atoms. The van der Waals surface area contributed by atoms with Crippen molar-refractivity contribution < 1.29 is 4.42 Å². The highest BCUT2D eigenvalue weighted by atomic mass is 16.3. The second-order valence-electron chi connectivity index (χ2n) is 6.18. The van der Waals surface area contributed by atoms with Crippen molar-refractivity contribution >= 4 is 11.5 Å². The van der Waals surface area contributed by atoms with Gasteiger partial charge in [-0.05, 0) is 39.1 Å². The summed E-state index contributed by atoms with van der Waals surface area (Å²) in [5.41, 5.74) is 0.784. The van der Waals surface area contributed by atoms with Crippen molar-refractivity contribution in [2.75, 3.05) is 26.0 Å². The van der Waals surface area contributed by atoms with Crippen molar-refractivity contribution in [3.05, 3.63) is 42.4 Å². The molecule has 0 spiro atoms. The Bertz CT molecular complexity index is 790. The Labute approximate surface area is 134 Å². The van der Waals surface area contributed by atoms with Gasteiger partial charge in [-0.25, -0.2) is 4.98 Å². The molecule has 0 saturated heterocycles. The largest absolute Gasteiger partial charge is 0.468 e. The van der Waals surface area contributed by atoms with Crippen LogP contribution in [0.4, 0.5) is 5.82 Å². The van der Waals surface area contributed by atoms with E-state index < -0.39 is 0 Å². The topological polar surface area (TPSA) is 71.5 Å². The van der Waals surface area contributed by atoms with Crippen molar-refractivity contribution in [3.63, 3.8) is 0 Å². The van der Waals surface area contributed by atoms with Crippen molar-refractivity contribution in [2.24, 2.45) is 0 Å². The van der Waals surface area contributed by atoms with E-state index >= 15 is 0 Å². The molecular formula is C16H20N6O. The Kier molecular flexibility index (Phi) is 3.49. The van der Waals surface area contributed by atoms with E-state index in [-0.39, 0.29) is 6.04 Å². The normalized spacial score (nSPS) is 16.1. The van der Waals surface area contributed by atoms with E-state index in [9.17, 15) is 0 Å². The van der Waals surface area contributed by atoms with Gasteiger partial charge in [-0.2, -0.15) is 0 Å². The fourth-order valence-corrected chi connectivity index (χ4v) is 2.80. The second-order valence-corrected chi connectivity index (χ2v) is 6.18. The number of furan rings is 1. The summed E-state index contributed by atoms with van der Waals surface area (Å²) in [6.45, 7) is 0.679. The lowest BCUT2D eigenvalue weighted by Crippen LogP contribution is -2.26. The number of nitrogens with one attached hydrogen (secondary N) is 1. The van der Waals surface area contributed by atoms with Crippen LogP contribution in [0.15, 0.2) is 35.2 Å². The standard InChI is InChI=1S/C16H20N6O/c1-21(2)12(13-4-3-9-23-13)10-18-14-16-20-19-15(11-5-6-11)22(16)8-7-17-14/h3-4,7-9,11-12H,5-6,10H2,1-2H3,(H,17,18). The molecule has 7 heteroatoms. The van der Waals surface area contributed by atoms with Crippen LogP contribution in [0, 0.1) is 0 Å². The maximum Gasteiger partial charge on any atom is 0.203 e. The molecule has 3 aromatic rings. The first-order valence-corrected chi connectivity index (χ1v) is 7.87. The van der Waals surface area contributed by atoms with Crippen LogP contribution < -0.4 is 5.32 Å². The molecular weight excluding hydrogens is 292 g/mol. The zero-order valence-electron chi connectivity index (χ0n) is 13.3. The lowest BCUT2D eigenvalue weighted by molar-refractivity contribution is 0.269. The highest BCUT2D eigenvalue weighted by Gasteiger charge is 2.29. The van der Waals surface area contributed by atoms with Gasteiger partial charge in [0.15, 0.2) is 5.82 Å². The van der Waals surface area contributed by atoms with E-state index in [2.05, 4.69) is 25.4 Å². The number of nitrogens with zero attached hydrogens (tertiary/aromatic N) is 5. The highest BCUT2D eigenvalue weighted by molar-refractivity contribution is 5.62. The molecule has 7 nitrogen and oxygen atoms in total. The summed E-state index contributed by atoms with van der Waals surface area (Å²) >= 11 is 0. The summed E-state index contributed by atoms with van der Waals surface area (Å²) in [6.07, 6.45) is 7.83. The Morgan fingerprint density at radius 2 is 2.26 bits per heavy atom. The Morgan fingerprint density at radius 3 is 2.96 bits per heavy atom. The number of rotatable bonds is 6. The molecule has 0 radical (unpaired) electrons. The molecule has 3 aromatic heterocycles. The van der Waals surface area contributed by atoms with Crippen LogP contribution in [0.1, 0.15) is 36.4 Å². The van der Waals surface area contributed by atoms with Gasteiger partial charge in [-0.15, -0.1) is 10.2 Å². The first kappa shape index (κ1) is 14.2. The molecule has 23 heavy (non-hydrogen) atoms. The minimum atomic E-state index is 0.123. The SMILES string of the molecule is CN(C)C(CNc1nccn2c(C3CC3)nnc12)c1ccco1. The van der Waals surface area contributed by atoms with Gasteiger partial charge in [0, 0.05) is 24.9 Å². The number of aromatic nitrogens is 4. The fraction of sp³-hybridized carbons (Fsp3) is 0.438. The average Bonchev–Trinajstić information content (AvgIpc) is 3.08. The van der Waals surface area contributed by atoms with Gasteiger partial charge in [0.25, 0.3) is 0 Å². The zero-order chi connectivity index (χ0) is 15.8. The molecule has 1 fully saturated rings. The zero-order valence-corrected chi connectivity index (χ0v) is 13.3. The summed E-state index contributed by atoms with van der Waals surface area (Å²) in [7, 11) is 4.07. The quantitative estimate of drug-likeness (QED) is 0.753. The third-order valence-electron chi connectivity index (χ3n) is 4.25. The third kappa shape index (κ3) is 2.68. The van der Waals surface area contributed by atoms with Gasteiger partial charge in [-0.1, -0.05) is 0 Å². The lowest BCUT2D eigenvalue weighted by Gasteiger charge is -2.22. The summed E-state index contributed by atoms with van der Waals surface area (Å²) < 4.78 is 7.59. The number of anilines is 1. The van der Waals surface area contributed by atoms with E-state index in [0.29, 0.717) is 12.5 Å². The molecule has 0 aromatic carbocycles. The van der Waals surface area contributed by atoms with Gasteiger partial charge in [-0.3, -0.25) is 9.30 Å². The Hall–Kier alpha value is -2.41. The van der Waals surface area contributed by atoms with Crippen molar-refractivity contribution in [3.8, 4) is 0 Å². The van der Waals surface area contributed by atoms with E-state index in [0.717, 1.165) is 23.0 Å². The number of hydrogen-bond acceptors (Lipinski definition) is 6. The monoisotopic (exact) mass is 312 g/mol. The van der Waals surface area contributed by atoms with Gasteiger partial charge in [0.2, 0.25) is 5.65 Å². The van der Waals surface area contributed by atoms with E-state index in [4.69, 9.17) is 4.42 Å². The molecule has 1 saturated carbocycles. The fourth-order valence-electron chi connectivity index (χ4n) is 2.80. The Morgan fingerprint density at radius 1 is 1.39 bits per heavy atom. The molecule has 1 N–H and O–H groups in total. The summed E-state index contributed by atoms with van der Waals surface area (Å²) in [5.74, 6) is 3.28. The van der Waals surface area contributed by atoms with Crippen LogP contribution in [-0.4, -0.2) is 45.1 Å². The smallest absolute Gasteiger partial charge is 0.203 e. The predicted molar refractivity (Wildman–Crippen MR) is 86.4 cm³/mol. The van der Waals surface area contributed by atoms with Crippen molar-refractivity contribution in [2.45, 2.75) is 24.8 Å². The maximum atomic E-state index is 5.54. The number of hydrogen-bond donors (Lipinski definition) is 1. The Balaban J connectivity index is 1.57. The average molecular weight is 312 g/mol. The summed E-state index contributed by atoms with van der Waals surface area (Å²) in [4.78, 5) is 6.55. The highest BCUT2D eigenvalue weighted by Crippen LogP contribution is 2.39. The van der Waals surface area contributed by atoms with Crippen LogP contribution in [0.25, 0.3) is 5.65 Å². The van der Waals surface area contributed by atoms with Crippen molar-refractivity contribution in [1.82, 2.24) is 24.5 Å². The van der Waals surface area contributed by atoms with E-state index in [1.807, 2.05) is 36.8 Å². The van der Waals surface area contributed by atoms with Crippen LogP contribution in [0.5, 0.6) is 0 Å². The predicted octanol–water partition coefficient (Wildman–Crippen LogP) is 2.31. The lowest BCUT2D eigenvalue weighted by atomic mass is 10.2. The van der Waals surface area contributed by atoms with Crippen LogP contribution in [-0.2, 0) is 0 Å². The molecule has 4 rings (SSSR count). The minimum absolute atomic E-state index is 0.123.